The van der Waals surface area contributed by atoms with Gasteiger partial charge in [0.1, 0.15) is 10.7 Å². The van der Waals surface area contributed by atoms with E-state index in [0.29, 0.717) is 18.3 Å². The van der Waals surface area contributed by atoms with Crippen molar-refractivity contribution >= 4 is 27.3 Å². The Morgan fingerprint density at radius 3 is 2.83 bits per heavy atom. The van der Waals surface area contributed by atoms with Gasteiger partial charge in [-0.05, 0) is 24.5 Å². The highest BCUT2D eigenvalue weighted by atomic mass is 35.5. The quantitative estimate of drug-likeness (QED) is 0.781. The Labute approximate surface area is 113 Å². The first-order valence-corrected chi connectivity index (χ1v) is 8.26. The highest BCUT2D eigenvalue weighted by molar-refractivity contribution is 7.90. The van der Waals surface area contributed by atoms with Gasteiger partial charge < -0.3 is 4.90 Å². The standard InChI is InChI=1S/C12H17ClN2O2S/c1-9-5-7-15(8-10(9)13)12-11(18(2,16)17)4-3-6-14-12/h3-4,6,9-10H,5,7-8H2,1-2H3. The van der Waals surface area contributed by atoms with Crippen molar-refractivity contribution in [3.05, 3.63) is 18.3 Å². The zero-order valence-electron chi connectivity index (χ0n) is 10.5. The Morgan fingerprint density at radius 2 is 2.22 bits per heavy atom. The fourth-order valence-corrected chi connectivity index (χ4v) is 3.26. The number of pyridine rings is 1. The summed E-state index contributed by atoms with van der Waals surface area (Å²) in [5.74, 6) is 0.978. The molecule has 1 fully saturated rings. The molecule has 0 amide bonds. The van der Waals surface area contributed by atoms with Crippen LogP contribution in [0.4, 0.5) is 5.82 Å². The van der Waals surface area contributed by atoms with E-state index in [1.807, 2.05) is 4.90 Å². The summed E-state index contributed by atoms with van der Waals surface area (Å²) in [6, 6.07) is 3.24. The zero-order valence-corrected chi connectivity index (χ0v) is 12.1. The molecular weight excluding hydrogens is 272 g/mol. The third kappa shape index (κ3) is 2.78. The van der Waals surface area contributed by atoms with Gasteiger partial charge in [-0.15, -0.1) is 11.6 Å². The third-order valence-corrected chi connectivity index (χ3v) is 5.00. The van der Waals surface area contributed by atoms with Gasteiger partial charge in [-0.2, -0.15) is 0 Å². The number of sulfone groups is 1. The van der Waals surface area contributed by atoms with Gasteiger partial charge in [0.15, 0.2) is 9.84 Å². The molecule has 0 radical (unpaired) electrons. The van der Waals surface area contributed by atoms with Gasteiger partial charge in [0.25, 0.3) is 0 Å². The second kappa shape index (κ2) is 5.05. The summed E-state index contributed by atoms with van der Waals surface area (Å²) in [6.45, 7) is 3.55. The molecule has 0 aromatic carbocycles. The lowest BCUT2D eigenvalue weighted by atomic mass is 9.99. The van der Waals surface area contributed by atoms with Gasteiger partial charge in [0.05, 0.1) is 5.38 Å². The van der Waals surface area contributed by atoms with Crippen molar-refractivity contribution in [1.29, 1.82) is 0 Å². The van der Waals surface area contributed by atoms with Crippen molar-refractivity contribution in [2.75, 3.05) is 24.2 Å². The van der Waals surface area contributed by atoms with Gasteiger partial charge in [0, 0.05) is 25.5 Å². The number of aromatic nitrogens is 1. The molecule has 18 heavy (non-hydrogen) atoms. The number of hydrogen-bond donors (Lipinski definition) is 0. The van der Waals surface area contributed by atoms with Crippen molar-refractivity contribution in [2.24, 2.45) is 5.92 Å². The lowest BCUT2D eigenvalue weighted by molar-refractivity contribution is 0.442. The molecule has 0 aliphatic carbocycles. The van der Waals surface area contributed by atoms with Crippen LogP contribution in [0.2, 0.25) is 0 Å². The van der Waals surface area contributed by atoms with Crippen LogP contribution >= 0.6 is 11.6 Å². The molecule has 4 nitrogen and oxygen atoms in total. The van der Waals surface area contributed by atoms with Crippen molar-refractivity contribution in [2.45, 2.75) is 23.6 Å². The molecule has 1 aromatic heterocycles. The highest BCUT2D eigenvalue weighted by Gasteiger charge is 2.28. The largest absolute Gasteiger partial charge is 0.354 e. The van der Waals surface area contributed by atoms with Crippen LogP contribution in [-0.2, 0) is 9.84 Å². The van der Waals surface area contributed by atoms with E-state index in [-0.39, 0.29) is 10.3 Å². The number of piperidine rings is 1. The van der Waals surface area contributed by atoms with Crippen LogP contribution in [0.25, 0.3) is 0 Å². The average molecular weight is 289 g/mol. The maximum Gasteiger partial charge on any atom is 0.179 e. The third-order valence-electron chi connectivity index (χ3n) is 3.32. The van der Waals surface area contributed by atoms with E-state index in [2.05, 4.69) is 11.9 Å². The van der Waals surface area contributed by atoms with E-state index in [1.54, 1.807) is 18.3 Å². The van der Waals surface area contributed by atoms with Crippen LogP contribution in [0, 0.1) is 5.92 Å². The second-order valence-corrected chi connectivity index (χ2v) is 7.37. The number of hydrogen-bond acceptors (Lipinski definition) is 4. The van der Waals surface area contributed by atoms with Gasteiger partial charge in [-0.25, -0.2) is 13.4 Å². The molecule has 2 rings (SSSR count). The zero-order chi connectivity index (χ0) is 13.3. The van der Waals surface area contributed by atoms with Crippen molar-refractivity contribution in [3.63, 3.8) is 0 Å². The monoisotopic (exact) mass is 288 g/mol. The summed E-state index contributed by atoms with van der Waals surface area (Å²) < 4.78 is 23.5. The van der Waals surface area contributed by atoms with Crippen LogP contribution in [0.3, 0.4) is 0 Å². The first-order chi connectivity index (χ1) is 8.39. The SMILES string of the molecule is CC1CCN(c2ncccc2S(C)(=O)=O)CC1Cl. The summed E-state index contributed by atoms with van der Waals surface area (Å²) in [4.78, 5) is 6.46. The number of halogens is 1. The van der Waals surface area contributed by atoms with E-state index in [0.717, 1.165) is 13.0 Å². The van der Waals surface area contributed by atoms with E-state index in [1.165, 1.54) is 6.26 Å². The first-order valence-electron chi connectivity index (χ1n) is 5.93. The lowest BCUT2D eigenvalue weighted by Crippen LogP contribution is -2.41. The molecule has 0 saturated carbocycles. The molecule has 1 aromatic rings. The molecular formula is C12H17ClN2O2S. The number of rotatable bonds is 2. The lowest BCUT2D eigenvalue weighted by Gasteiger charge is -2.35. The highest BCUT2D eigenvalue weighted by Crippen LogP contribution is 2.29. The smallest absolute Gasteiger partial charge is 0.179 e. The van der Waals surface area contributed by atoms with E-state index in [4.69, 9.17) is 11.6 Å². The predicted molar refractivity (Wildman–Crippen MR) is 73.0 cm³/mol. The van der Waals surface area contributed by atoms with E-state index in [9.17, 15) is 8.42 Å². The summed E-state index contributed by atoms with van der Waals surface area (Å²) in [5, 5.41) is 0.0353. The minimum absolute atomic E-state index is 0.0353. The number of alkyl halides is 1. The van der Waals surface area contributed by atoms with E-state index < -0.39 is 9.84 Å². The molecule has 1 aliphatic heterocycles. The van der Waals surface area contributed by atoms with Crippen molar-refractivity contribution in [1.82, 2.24) is 4.98 Å². The minimum Gasteiger partial charge on any atom is -0.354 e. The Kier molecular flexibility index (Phi) is 3.82. The van der Waals surface area contributed by atoms with Gasteiger partial charge in [-0.1, -0.05) is 6.92 Å². The van der Waals surface area contributed by atoms with Crippen LogP contribution in [0.1, 0.15) is 13.3 Å². The Balaban J connectivity index is 2.35. The maximum absolute atomic E-state index is 11.7. The molecule has 0 bridgehead atoms. The van der Waals surface area contributed by atoms with Crippen LogP contribution in [-0.4, -0.2) is 38.1 Å². The molecule has 2 heterocycles. The average Bonchev–Trinajstić information content (AvgIpc) is 2.32. The second-order valence-electron chi connectivity index (χ2n) is 4.83. The molecule has 0 spiro atoms. The molecule has 2 unspecified atom stereocenters. The summed E-state index contributed by atoms with van der Waals surface area (Å²) >= 11 is 6.26. The summed E-state index contributed by atoms with van der Waals surface area (Å²) in [6.07, 6.45) is 3.78. The Hall–Kier alpha value is -0.810. The molecule has 2 atom stereocenters. The predicted octanol–water partition coefficient (Wildman–Crippen LogP) is 1.94. The van der Waals surface area contributed by atoms with Crippen LogP contribution in [0.5, 0.6) is 0 Å². The summed E-state index contributed by atoms with van der Waals surface area (Å²) in [5.41, 5.74) is 0. The number of anilines is 1. The topological polar surface area (TPSA) is 50.3 Å². The molecule has 1 aliphatic rings. The molecule has 1 saturated heterocycles. The fourth-order valence-electron chi connectivity index (χ4n) is 2.12. The molecule has 6 heteroatoms. The maximum atomic E-state index is 11.7. The van der Waals surface area contributed by atoms with Gasteiger partial charge in [0.2, 0.25) is 0 Å². The van der Waals surface area contributed by atoms with E-state index >= 15 is 0 Å². The van der Waals surface area contributed by atoms with Crippen LogP contribution < -0.4 is 4.90 Å². The van der Waals surface area contributed by atoms with Gasteiger partial charge in [-0.3, -0.25) is 0 Å². The minimum atomic E-state index is -3.26. The van der Waals surface area contributed by atoms with Crippen LogP contribution in [0.15, 0.2) is 23.2 Å². The molecule has 100 valence electrons. The normalized spacial score (nSPS) is 25.2. The van der Waals surface area contributed by atoms with Crippen molar-refractivity contribution in [3.8, 4) is 0 Å². The Morgan fingerprint density at radius 1 is 1.50 bits per heavy atom. The van der Waals surface area contributed by atoms with Gasteiger partial charge >= 0.3 is 0 Å². The van der Waals surface area contributed by atoms with Crippen molar-refractivity contribution < 1.29 is 8.42 Å². The Bertz CT molecular complexity index is 533. The fraction of sp³-hybridized carbons (Fsp3) is 0.583. The first kappa shape index (κ1) is 13.6. The molecule has 0 N–H and O–H groups in total. The number of nitrogens with zero attached hydrogens (tertiary/aromatic N) is 2. The summed E-state index contributed by atoms with van der Waals surface area (Å²) in [7, 11) is -3.26.